The van der Waals surface area contributed by atoms with E-state index in [-0.39, 0.29) is 10.6 Å². The number of fused-ring (bicyclic) bond motifs is 5. The van der Waals surface area contributed by atoms with Crippen LogP contribution in [0.4, 0.5) is 21.2 Å². The highest BCUT2D eigenvalue weighted by molar-refractivity contribution is 7.23. The largest absolute Gasteiger partial charge is 0.389 e. The van der Waals surface area contributed by atoms with E-state index in [9.17, 15) is 5.26 Å². The van der Waals surface area contributed by atoms with E-state index in [2.05, 4.69) is 45.5 Å². The van der Waals surface area contributed by atoms with Crippen LogP contribution in [0.1, 0.15) is 46.5 Å². The number of nitrogens with zero attached hydrogens (tertiary/aromatic N) is 6. The van der Waals surface area contributed by atoms with Gasteiger partial charge >= 0.3 is 0 Å². The SMILES string of the molecule is CN(C)C1CN(c2nc(NCc3n[nH]c4c3CCCC4)c3c4c(c(-c5ccc(F)c6sc(N)c(C#N)c56)c(Cl)c3n2)COC4)C1. The highest BCUT2D eigenvalue weighted by Crippen LogP contribution is 2.49. The monoisotopic (exact) mass is 643 g/mol. The zero-order valence-corrected chi connectivity index (χ0v) is 26.5. The van der Waals surface area contributed by atoms with Gasteiger partial charge in [0, 0.05) is 35.8 Å². The molecule has 230 valence electrons. The molecule has 3 aliphatic rings. The Hall–Kier alpha value is -4.02. The molecule has 13 heteroatoms. The van der Waals surface area contributed by atoms with E-state index in [0.717, 1.165) is 65.9 Å². The Bertz CT molecular complexity index is 2060. The van der Waals surface area contributed by atoms with Crippen LogP contribution in [0, 0.1) is 17.1 Å². The van der Waals surface area contributed by atoms with Crippen LogP contribution in [0.25, 0.3) is 32.1 Å². The van der Waals surface area contributed by atoms with Gasteiger partial charge in [-0.15, -0.1) is 11.3 Å². The van der Waals surface area contributed by atoms with Gasteiger partial charge in [-0.3, -0.25) is 5.10 Å². The number of nitrogens with two attached hydrogens (primary N) is 1. The summed E-state index contributed by atoms with van der Waals surface area (Å²) < 4.78 is 21.4. The number of likely N-dealkylation sites (N-methyl/N-ethyl adjacent to an activating group) is 1. The molecule has 0 unspecified atom stereocenters. The first-order valence-corrected chi connectivity index (χ1v) is 16.3. The van der Waals surface area contributed by atoms with Crippen LogP contribution in [-0.4, -0.2) is 58.3 Å². The summed E-state index contributed by atoms with van der Waals surface area (Å²) in [6.45, 7) is 2.75. The van der Waals surface area contributed by atoms with Crippen molar-refractivity contribution >= 4 is 60.7 Å². The van der Waals surface area contributed by atoms with Gasteiger partial charge in [0.1, 0.15) is 22.7 Å². The van der Waals surface area contributed by atoms with E-state index < -0.39 is 5.82 Å². The van der Waals surface area contributed by atoms with E-state index in [4.69, 9.17) is 32.0 Å². The molecule has 8 rings (SSSR count). The molecule has 2 aliphatic heterocycles. The Labute approximate surface area is 267 Å². The molecule has 4 N–H and O–H groups in total. The summed E-state index contributed by atoms with van der Waals surface area (Å²) in [5.41, 5.74) is 13.7. The normalized spacial score (nSPS) is 16.3. The van der Waals surface area contributed by atoms with Crippen LogP contribution in [0.2, 0.25) is 5.02 Å². The maximum absolute atomic E-state index is 15.0. The van der Waals surface area contributed by atoms with Gasteiger partial charge in [0.05, 0.1) is 51.6 Å². The van der Waals surface area contributed by atoms with E-state index >= 15 is 4.39 Å². The molecular formula is C32H31ClFN9OS. The molecule has 1 aliphatic carbocycles. The van der Waals surface area contributed by atoms with Crippen molar-refractivity contribution in [2.24, 2.45) is 0 Å². The van der Waals surface area contributed by atoms with Crippen LogP contribution >= 0.6 is 22.9 Å². The molecule has 0 bridgehead atoms. The van der Waals surface area contributed by atoms with Crippen LogP contribution in [-0.2, 0) is 37.3 Å². The third-order valence-electron chi connectivity index (χ3n) is 9.43. The van der Waals surface area contributed by atoms with E-state index in [1.165, 1.54) is 23.7 Å². The number of ether oxygens (including phenoxy) is 1. The molecule has 0 radical (unpaired) electrons. The molecule has 0 amide bonds. The van der Waals surface area contributed by atoms with E-state index in [0.29, 0.717) is 69.3 Å². The number of hydrogen-bond donors (Lipinski definition) is 3. The number of benzene rings is 2. The third-order valence-corrected chi connectivity index (χ3v) is 10.8. The van der Waals surface area contributed by atoms with Crippen LogP contribution in [0.3, 0.4) is 0 Å². The zero-order valence-electron chi connectivity index (χ0n) is 24.9. The smallest absolute Gasteiger partial charge is 0.228 e. The first-order valence-electron chi connectivity index (χ1n) is 15.1. The fraction of sp³-hybridized carbons (Fsp3) is 0.375. The summed E-state index contributed by atoms with van der Waals surface area (Å²) in [5, 5.41) is 23.4. The Morgan fingerprint density at radius 1 is 1.18 bits per heavy atom. The first kappa shape index (κ1) is 28.5. The maximum Gasteiger partial charge on any atom is 0.228 e. The number of anilines is 3. The summed E-state index contributed by atoms with van der Waals surface area (Å²) in [7, 11) is 4.15. The van der Waals surface area contributed by atoms with Gasteiger partial charge in [0.15, 0.2) is 0 Å². The van der Waals surface area contributed by atoms with Crippen molar-refractivity contribution in [3.8, 4) is 17.2 Å². The molecule has 0 spiro atoms. The molecule has 1 fully saturated rings. The number of halogens is 2. The number of aryl methyl sites for hydroxylation is 1. The Balaban J connectivity index is 1.33. The molecular weight excluding hydrogens is 613 g/mol. The maximum atomic E-state index is 15.0. The number of rotatable bonds is 6. The predicted octanol–water partition coefficient (Wildman–Crippen LogP) is 5.75. The minimum Gasteiger partial charge on any atom is -0.389 e. The molecule has 0 atom stereocenters. The second-order valence-electron chi connectivity index (χ2n) is 12.2. The second kappa shape index (κ2) is 10.8. The van der Waals surface area contributed by atoms with Crippen molar-refractivity contribution < 1.29 is 9.13 Å². The summed E-state index contributed by atoms with van der Waals surface area (Å²) >= 11 is 8.43. The van der Waals surface area contributed by atoms with Gasteiger partial charge in [0.2, 0.25) is 5.95 Å². The number of nitrogens with one attached hydrogen (secondary N) is 2. The van der Waals surface area contributed by atoms with E-state index in [1.807, 2.05) is 0 Å². The lowest BCUT2D eigenvalue weighted by Gasteiger charge is -2.42. The van der Waals surface area contributed by atoms with Gasteiger partial charge in [0.25, 0.3) is 0 Å². The first-order chi connectivity index (χ1) is 21.8. The molecule has 10 nitrogen and oxygen atoms in total. The lowest BCUT2D eigenvalue weighted by molar-refractivity contribution is 0.135. The number of aromatic amines is 1. The molecule has 1 saturated heterocycles. The fourth-order valence-corrected chi connectivity index (χ4v) is 8.19. The summed E-state index contributed by atoms with van der Waals surface area (Å²) in [4.78, 5) is 14.5. The number of nitrogen functional groups attached to an aromatic ring is 1. The van der Waals surface area contributed by atoms with Crippen LogP contribution in [0.5, 0.6) is 0 Å². The van der Waals surface area contributed by atoms with Crippen molar-refractivity contribution in [3.63, 3.8) is 0 Å². The highest BCUT2D eigenvalue weighted by atomic mass is 35.5. The van der Waals surface area contributed by atoms with Gasteiger partial charge in [-0.05, 0) is 68.1 Å². The molecule has 3 aromatic heterocycles. The summed E-state index contributed by atoms with van der Waals surface area (Å²) in [6, 6.07) is 5.66. The standard InChI is InChI=1S/C32H31ClFN9OS/c1-42(2)15-11-43(12-15)32-38-28-26(31(39-32)37-10-23-16-5-3-4-6-22(16)40-41-23)20-14-44-13-19(20)24(27(28)33)17-7-8-21(34)29-25(17)18(9-35)30(36)45-29/h7-8,15H,3-6,10-14,36H2,1-2H3,(H,40,41)(H,37,38,39). The predicted molar refractivity (Wildman–Crippen MR) is 175 cm³/mol. The van der Waals surface area contributed by atoms with Crippen molar-refractivity contribution in [1.29, 1.82) is 5.26 Å². The third kappa shape index (κ3) is 4.44. The number of H-pyrrole nitrogens is 1. The van der Waals surface area contributed by atoms with Crippen LogP contribution in [0.15, 0.2) is 12.1 Å². The molecule has 2 aromatic carbocycles. The van der Waals surface area contributed by atoms with Gasteiger partial charge in [-0.1, -0.05) is 17.7 Å². The Kier molecular flexibility index (Phi) is 6.83. The second-order valence-corrected chi connectivity index (χ2v) is 13.6. The minimum absolute atomic E-state index is 0.247. The van der Waals surface area contributed by atoms with Crippen LogP contribution < -0.4 is 16.0 Å². The van der Waals surface area contributed by atoms with Crippen molar-refractivity contribution in [2.45, 2.75) is 51.5 Å². The minimum atomic E-state index is -0.429. The molecule has 45 heavy (non-hydrogen) atoms. The lowest BCUT2D eigenvalue weighted by Crippen LogP contribution is -2.58. The van der Waals surface area contributed by atoms with Crippen molar-refractivity contribution in [2.75, 3.05) is 43.1 Å². The highest BCUT2D eigenvalue weighted by Gasteiger charge is 2.34. The number of thiophene rings is 1. The average molecular weight is 644 g/mol. The number of nitriles is 1. The lowest BCUT2D eigenvalue weighted by atomic mass is 9.91. The topological polar surface area (TPSA) is 132 Å². The van der Waals surface area contributed by atoms with Crippen molar-refractivity contribution in [3.05, 3.63) is 56.6 Å². The van der Waals surface area contributed by atoms with Gasteiger partial charge in [-0.2, -0.15) is 15.3 Å². The van der Waals surface area contributed by atoms with Crippen molar-refractivity contribution in [1.82, 2.24) is 25.1 Å². The molecule has 0 saturated carbocycles. The summed E-state index contributed by atoms with van der Waals surface area (Å²) in [6.07, 6.45) is 4.37. The number of hydrogen-bond acceptors (Lipinski definition) is 10. The van der Waals surface area contributed by atoms with E-state index in [1.54, 1.807) is 6.07 Å². The quantitative estimate of drug-likeness (QED) is 0.211. The van der Waals surface area contributed by atoms with Gasteiger partial charge < -0.3 is 25.6 Å². The Morgan fingerprint density at radius 2 is 1.98 bits per heavy atom. The van der Waals surface area contributed by atoms with Gasteiger partial charge in [-0.25, -0.2) is 9.37 Å². The zero-order chi connectivity index (χ0) is 31.0. The fourth-order valence-electron chi connectivity index (χ4n) is 6.89. The average Bonchev–Trinajstić information content (AvgIpc) is 3.73. The number of aromatic nitrogens is 4. The Morgan fingerprint density at radius 3 is 2.78 bits per heavy atom. The molecule has 5 aromatic rings. The summed E-state index contributed by atoms with van der Waals surface area (Å²) in [5.74, 6) is 0.829. The molecule has 5 heterocycles.